The molecule has 1 nitrogen and oxygen atoms in total. The summed E-state index contributed by atoms with van der Waals surface area (Å²) in [5, 5.41) is 1.54. The van der Waals surface area contributed by atoms with Gasteiger partial charge in [0.1, 0.15) is 11.5 Å². The monoisotopic (exact) mass is 404 g/mol. The summed E-state index contributed by atoms with van der Waals surface area (Å²) in [5.41, 5.74) is 4.63. The largest absolute Gasteiger partial charge is 0.455 e. The van der Waals surface area contributed by atoms with E-state index in [1.54, 1.807) is 0 Å². The molecule has 1 aromatic heterocycles. The summed E-state index contributed by atoms with van der Waals surface area (Å²) in [6.45, 7) is 0. The van der Waals surface area contributed by atoms with Crippen molar-refractivity contribution in [1.29, 1.82) is 0 Å². The van der Waals surface area contributed by atoms with Crippen molar-refractivity contribution < 1.29 is 4.42 Å². The molecule has 0 amide bonds. The number of hydrogen-bond donors (Lipinski definition) is 0. The lowest BCUT2D eigenvalue weighted by Crippen LogP contribution is -1.86. The summed E-state index contributed by atoms with van der Waals surface area (Å²) in [6, 6.07) is 20.5. The summed E-state index contributed by atoms with van der Waals surface area (Å²) < 4.78 is 6.24. The fourth-order valence-electron chi connectivity index (χ4n) is 2.43. The lowest BCUT2D eigenvalue weighted by atomic mass is 10.0. The first-order valence-electron chi connectivity index (χ1n) is 6.72. The Morgan fingerprint density at radius 2 is 1.00 bits per heavy atom. The van der Waals surface area contributed by atoms with Crippen molar-refractivity contribution >= 4 is 31.9 Å². The number of rotatable bonds is 4. The molecule has 3 rings (SSSR count). The molecule has 0 spiro atoms. The molecule has 106 valence electrons. The van der Waals surface area contributed by atoms with Crippen molar-refractivity contribution in [3.8, 4) is 22.6 Å². The minimum absolute atomic E-state index is 0.772. The maximum absolute atomic E-state index is 6.24. The quantitative estimate of drug-likeness (QED) is 0.457. The van der Waals surface area contributed by atoms with Gasteiger partial charge in [-0.3, -0.25) is 0 Å². The van der Waals surface area contributed by atoms with Crippen molar-refractivity contribution in [3.63, 3.8) is 0 Å². The predicted molar refractivity (Wildman–Crippen MR) is 94.8 cm³/mol. The maximum atomic E-state index is 6.24. The Bertz CT molecular complexity index is 656. The van der Waals surface area contributed by atoms with E-state index in [0.29, 0.717) is 0 Å². The van der Waals surface area contributed by atoms with Gasteiger partial charge in [0.15, 0.2) is 0 Å². The lowest BCUT2D eigenvalue weighted by Gasteiger charge is -2.00. The SMILES string of the molecule is BrCc1c(-c2ccccc2)oc(-c2ccccc2)c1CBr. The molecule has 0 atom stereocenters. The summed E-state index contributed by atoms with van der Waals surface area (Å²) in [5.74, 6) is 1.89. The van der Waals surface area contributed by atoms with E-state index in [4.69, 9.17) is 4.42 Å². The molecule has 3 heteroatoms. The molecule has 0 aliphatic heterocycles. The minimum Gasteiger partial charge on any atom is -0.455 e. The zero-order valence-electron chi connectivity index (χ0n) is 11.4. The van der Waals surface area contributed by atoms with E-state index in [0.717, 1.165) is 33.3 Å². The molecule has 0 bridgehead atoms. The first-order valence-corrected chi connectivity index (χ1v) is 8.96. The average Bonchev–Trinajstić information content (AvgIpc) is 2.95. The fraction of sp³-hybridized carbons (Fsp3) is 0.111. The number of furan rings is 1. The van der Waals surface area contributed by atoms with Crippen LogP contribution in [0.15, 0.2) is 65.1 Å². The minimum atomic E-state index is 0.772. The van der Waals surface area contributed by atoms with Gasteiger partial charge in [-0.05, 0) is 0 Å². The molecular formula is C18H14Br2O. The second kappa shape index (κ2) is 6.63. The van der Waals surface area contributed by atoms with Gasteiger partial charge in [0, 0.05) is 32.9 Å². The molecule has 3 aromatic rings. The zero-order chi connectivity index (χ0) is 14.7. The maximum Gasteiger partial charge on any atom is 0.139 e. The van der Waals surface area contributed by atoms with Crippen molar-refractivity contribution in [3.05, 3.63) is 71.8 Å². The molecule has 0 saturated carbocycles. The van der Waals surface area contributed by atoms with E-state index < -0.39 is 0 Å². The zero-order valence-corrected chi connectivity index (χ0v) is 14.5. The standard InChI is InChI=1S/C18H14Br2O/c19-11-15-16(12-20)18(14-9-5-2-6-10-14)21-17(15)13-7-3-1-4-8-13/h1-10H,11-12H2. The topological polar surface area (TPSA) is 13.1 Å². The van der Waals surface area contributed by atoms with E-state index in [-0.39, 0.29) is 0 Å². The highest BCUT2D eigenvalue weighted by Gasteiger charge is 2.20. The van der Waals surface area contributed by atoms with Crippen LogP contribution in [0.2, 0.25) is 0 Å². The lowest BCUT2D eigenvalue weighted by molar-refractivity contribution is 0.594. The fourth-order valence-corrected chi connectivity index (χ4v) is 3.61. The molecule has 0 fully saturated rings. The van der Waals surface area contributed by atoms with Gasteiger partial charge in [-0.1, -0.05) is 92.5 Å². The van der Waals surface area contributed by atoms with E-state index >= 15 is 0 Å². The van der Waals surface area contributed by atoms with Crippen molar-refractivity contribution in [2.75, 3.05) is 0 Å². The molecule has 21 heavy (non-hydrogen) atoms. The van der Waals surface area contributed by atoms with Crippen LogP contribution in [0.4, 0.5) is 0 Å². The van der Waals surface area contributed by atoms with Crippen LogP contribution in [0.1, 0.15) is 11.1 Å². The molecule has 1 heterocycles. The number of halogens is 2. The summed E-state index contributed by atoms with van der Waals surface area (Å²) in [4.78, 5) is 0. The Hall–Kier alpha value is -1.32. The van der Waals surface area contributed by atoms with Gasteiger partial charge < -0.3 is 4.42 Å². The molecule has 0 aliphatic rings. The Labute approximate surface area is 141 Å². The van der Waals surface area contributed by atoms with Gasteiger partial charge in [0.25, 0.3) is 0 Å². The van der Waals surface area contributed by atoms with Crippen LogP contribution in [-0.4, -0.2) is 0 Å². The van der Waals surface area contributed by atoms with Crippen molar-refractivity contribution in [2.24, 2.45) is 0 Å². The van der Waals surface area contributed by atoms with Gasteiger partial charge in [0.05, 0.1) is 0 Å². The van der Waals surface area contributed by atoms with Crippen LogP contribution < -0.4 is 0 Å². The molecule has 0 N–H and O–H groups in total. The molecular weight excluding hydrogens is 392 g/mol. The van der Waals surface area contributed by atoms with E-state index in [2.05, 4.69) is 56.1 Å². The third-order valence-corrected chi connectivity index (χ3v) is 4.58. The predicted octanol–water partition coefficient (Wildman–Crippen LogP) is 6.40. The molecule has 0 radical (unpaired) electrons. The van der Waals surface area contributed by atoms with Crippen LogP contribution in [0.25, 0.3) is 22.6 Å². The molecule has 0 unspecified atom stereocenters. The van der Waals surface area contributed by atoms with Crippen LogP contribution >= 0.6 is 31.9 Å². The summed E-state index contributed by atoms with van der Waals surface area (Å²) in [7, 11) is 0. The van der Waals surface area contributed by atoms with Gasteiger partial charge in [-0.15, -0.1) is 0 Å². The van der Waals surface area contributed by atoms with E-state index in [1.807, 2.05) is 36.4 Å². The van der Waals surface area contributed by atoms with Gasteiger partial charge in [0.2, 0.25) is 0 Å². The third kappa shape index (κ3) is 2.85. The highest BCUT2D eigenvalue weighted by Crippen LogP contribution is 2.39. The van der Waals surface area contributed by atoms with Gasteiger partial charge in [-0.2, -0.15) is 0 Å². The normalized spacial score (nSPS) is 10.8. The Kier molecular flexibility index (Phi) is 4.61. The van der Waals surface area contributed by atoms with Crippen LogP contribution in [0, 0.1) is 0 Å². The number of alkyl halides is 2. The Morgan fingerprint density at radius 1 is 0.619 bits per heavy atom. The van der Waals surface area contributed by atoms with Crippen LogP contribution in [-0.2, 0) is 10.7 Å². The highest BCUT2D eigenvalue weighted by atomic mass is 79.9. The van der Waals surface area contributed by atoms with Crippen LogP contribution in [0.3, 0.4) is 0 Å². The van der Waals surface area contributed by atoms with Crippen molar-refractivity contribution in [2.45, 2.75) is 10.7 Å². The van der Waals surface area contributed by atoms with E-state index in [1.165, 1.54) is 11.1 Å². The number of benzene rings is 2. The summed E-state index contributed by atoms with van der Waals surface area (Å²) in [6.07, 6.45) is 0. The summed E-state index contributed by atoms with van der Waals surface area (Å²) >= 11 is 7.20. The Morgan fingerprint density at radius 3 is 1.33 bits per heavy atom. The third-order valence-electron chi connectivity index (χ3n) is 3.46. The Balaban J connectivity index is 2.21. The average molecular weight is 406 g/mol. The molecule has 0 saturated heterocycles. The molecule has 2 aromatic carbocycles. The van der Waals surface area contributed by atoms with Crippen molar-refractivity contribution in [1.82, 2.24) is 0 Å². The first-order chi connectivity index (χ1) is 10.3. The molecule has 0 aliphatic carbocycles. The van der Waals surface area contributed by atoms with E-state index in [9.17, 15) is 0 Å². The second-order valence-electron chi connectivity index (χ2n) is 4.72. The van der Waals surface area contributed by atoms with Gasteiger partial charge >= 0.3 is 0 Å². The van der Waals surface area contributed by atoms with Gasteiger partial charge in [-0.25, -0.2) is 0 Å². The number of hydrogen-bond acceptors (Lipinski definition) is 1. The second-order valence-corrected chi connectivity index (χ2v) is 5.84. The first kappa shape index (κ1) is 14.6. The highest BCUT2D eigenvalue weighted by molar-refractivity contribution is 9.09. The van der Waals surface area contributed by atoms with Crippen LogP contribution in [0.5, 0.6) is 0 Å². The smallest absolute Gasteiger partial charge is 0.139 e.